The van der Waals surface area contributed by atoms with Crippen molar-refractivity contribution >= 4 is 40.6 Å². The van der Waals surface area contributed by atoms with E-state index in [0.717, 1.165) is 4.34 Å². The lowest BCUT2D eigenvalue weighted by Crippen LogP contribution is -2.15. The Morgan fingerprint density at radius 1 is 1.58 bits per heavy atom. The Bertz CT molecular complexity index is 602. The Morgan fingerprint density at radius 3 is 3.05 bits per heavy atom. The topological polar surface area (TPSA) is 80.9 Å². The molecule has 0 bridgehead atoms. The molecule has 5 nitrogen and oxygen atoms in total. The number of nitrogens with zero attached hydrogens (tertiary/aromatic N) is 2. The van der Waals surface area contributed by atoms with E-state index in [4.69, 9.17) is 5.73 Å². The number of nitrogen functional groups attached to an aromatic ring is 1. The maximum absolute atomic E-state index is 13.0. The van der Waals surface area contributed by atoms with Crippen LogP contribution < -0.4 is 11.1 Å². The number of aryl methyl sites for hydroxylation is 1. The molecule has 2 aromatic rings. The SMILES string of the molecule is Cc1nsc(SCC(=O)Nc2cc(F)ccc2N)n1. The summed E-state index contributed by atoms with van der Waals surface area (Å²) in [5, 5.41) is 2.56. The van der Waals surface area contributed by atoms with Gasteiger partial charge in [-0.25, -0.2) is 9.37 Å². The van der Waals surface area contributed by atoms with E-state index in [1.807, 2.05) is 0 Å². The van der Waals surface area contributed by atoms with E-state index < -0.39 is 5.82 Å². The highest BCUT2D eigenvalue weighted by Gasteiger charge is 2.09. The highest BCUT2D eigenvalue weighted by molar-refractivity contribution is 8.01. The van der Waals surface area contributed by atoms with Crippen LogP contribution in [-0.4, -0.2) is 21.0 Å². The molecule has 0 unspecified atom stereocenters. The summed E-state index contributed by atoms with van der Waals surface area (Å²) >= 11 is 2.52. The molecule has 1 aromatic heterocycles. The average Bonchev–Trinajstić information content (AvgIpc) is 2.77. The van der Waals surface area contributed by atoms with E-state index in [-0.39, 0.29) is 17.3 Å². The van der Waals surface area contributed by atoms with Crippen LogP contribution in [0.15, 0.2) is 22.5 Å². The van der Waals surface area contributed by atoms with E-state index >= 15 is 0 Å². The molecule has 0 spiro atoms. The minimum absolute atomic E-state index is 0.171. The van der Waals surface area contributed by atoms with Crippen molar-refractivity contribution in [1.29, 1.82) is 0 Å². The highest BCUT2D eigenvalue weighted by atomic mass is 32.2. The van der Waals surface area contributed by atoms with Gasteiger partial charge in [-0.15, -0.1) is 0 Å². The predicted octanol–water partition coefficient (Wildman–Crippen LogP) is 2.30. The van der Waals surface area contributed by atoms with Gasteiger partial charge in [-0.3, -0.25) is 4.79 Å². The van der Waals surface area contributed by atoms with E-state index in [1.54, 1.807) is 6.92 Å². The van der Waals surface area contributed by atoms with Crippen LogP contribution in [0.4, 0.5) is 15.8 Å². The molecule has 1 heterocycles. The quantitative estimate of drug-likeness (QED) is 0.668. The van der Waals surface area contributed by atoms with E-state index in [1.165, 1.54) is 41.5 Å². The van der Waals surface area contributed by atoms with Crippen LogP contribution in [0.25, 0.3) is 0 Å². The molecule has 0 fully saturated rings. The average molecular weight is 298 g/mol. The number of nitrogens with two attached hydrogens (primary N) is 1. The Hall–Kier alpha value is -1.67. The summed E-state index contributed by atoms with van der Waals surface area (Å²) in [6.45, 7) is 1.79. The Balaban J connectivity index is 1.92. The molecule has 0 saturated heterocycles. The van der Waals surface area contributed by atoms with Crippen LogP contribution in [0.5, 0.6) is 0 Å². The Kier molecular flexibility index (Phi) is 4.33. The lowest BCUT2D eigenvalue weighted by Gasteiger charge is -2.07. The number of nitrogens with one attached hydrogen (secondary N) is 1. The zero-order valence-electron chi connectivity index (χ0n) is 10.0. The van der Waals surface area contributed by atoms with Crippen molar-refractivity contribution in [2.24, 2.45) is 0 Å². The molecule has 19 heavy (non-hydrogen) atoms. The summed E-state index contributed by atoms with van der Waals surface area (Å²) < 4.78 is 17.8. The molecule has 1 amide bonds. The fourth-order valence-electron chi connectivity index (χ4n) is 1.29. The van der Waals surface area contributed by atoms with Gasteiger partial charge in [0.25, 0.3) is 0 Å². The molecule has 0 radical (unpaired) electrons. The number of carbonyl (C=O) groups excluding carboxylic acids is 1. The molecule has 1 aromatic carbocycles. The van der Waals surface area contributed by atoms with E-state index in [0.29, 0.717) is 11.5 Å². The number of thioether (sulfide) groups is 1. The number of amides is 1. The Morgan fingerprint density at radius 2 is 2.37 bits per heavy atom. The summed E-state index contributed by atoms with van der Waals surface area (Å²) in [5.41, 5.74) is 6.24. The molecule has 2 rings (SSSR count). The van der Waals surface area contributed by atoms with Crippen LogP contribution in [0.3, 0.4) is 0 Å². The third kappa shape index (κ3) is 3.90. The smallest absolute Gasteiger partial charge is 0.234 e. The molecule has 0 aliphatic heterocycles. The lowest BCUT2D eigenvalue weighted by molar-refractivity contribution is -0.113. The number of hydrogen-bond acceptors (Lipinski definition) is 6. The van der Waals surface area contributed by atoms with Gasteiger partial charge in [0, 0.05) is 0 Å². The summed E-state index contributed by atoms with van der Waals surface area (Å²) in [4.78, 5) is 15.8. The summed E-state index contributed by atoms with van der Waals surface area (Å²) in [6, 6.07) is 3.84. The van der Waals surface area contributed by atoms with Gasteiger partial charge in [0.2, 0.25) is 5.91 Å². The third-order valence-electron chi connectivity index (χ3n) is 2.13. The van der Waals surface area contributed by atoms with Gasteiger partial charge in [-0.2, -0.15) is 4.37 Å². The second-order valence-electron chi connectivity index (χ2n) is 3.68. The zero-order chi connectivity index (χ0) is 13.8. The van der Waals surface area contributed by atoms with Gasteiger partial charge in [0.1, 0.15) is 11.6 Å². The van der Waals surface area contributed by atoms with Crippen molar-refractivity contribution in [3.8, 4) is 0 Å². The minimum Gasteiger partial charge on any atom is -0.397 e. The van der Waals surface area contributed by atoms with Gasteiger partial charge >= 0.3 is 0 Å². The number of aromatic nitrogens is 2. The number of carbonyl (C=O) groups is 1. The van der Waals surface area contributed by atoms with E-state index in [2.05, 4.69) is 14.7 Å². The first-order valence-electron chi connectivity index (χ1n) is 5.32. The maximum Gasteiger partial charge on any atom is 0.234 e. The molecule has 0 aliphatic rings. The fraction of sp³-hybridized carbons (Fsp3) is 0.182. The zero-order valence-corrected chi connectivity index (χ0v) is 11.6. The lowest BCUT2D eigenvalue weighted by atomic mass is 10.2. The highest BCUT2D eigenvalue weighted by Crippen LogP contribution is 2.22. The molecule has 0 atom stereocenters. The van der Waals surface area contributed by atoms with Crippen LogP contribution >= 0.6 is 23.3 Å². The molecule has 0 saturated carbocycles. The van der Waals surface area contributed by atoms with Crippen LogP contribution in [0.2, 0.25) is 0 Å². The number of rotatable bonds is 4. The maximum atomic E-state index is 13.0. The van der Waals surface area contributed by atoms with Gasteiger partial charge < -0.3 is 11.1 Å². The third-order valence-corrected chi connectivity index (χ3v) is 4.05. The number of anilines is 2. The summed E-state index contributed by atoms with van der Waals surface area (Å²) in [6.07, 6.45) is 0. The summed E-state index contributed by atoms with van der Waals surface area (Å²) in [5.74, 6) is 0.138. The molecule has 100 valence electrons. The van der Waals surface area contributed by atoms with Gasteiger partial charge in [-0.05, 0) is 36.7 Å². The second-order valence-corrected chi connectivity index (χ2v) is 5.65. The largest absolute Gasteiger partial charge is 0.397 e. The van der Waals surface area contributed by atoms with E-state index in [9.17, 15) is 9.18 Å². The number of hydrogen-bond donors (Lipinski definition) is 2. The second kappa shape index (κ2) is 5.98. The predicted molar refractivity (Wildman–Crippen MR) is 74.8 cm³/mol. The molecule has 3 N–H and O–H groups in total. The first-order chi connectivity index (χ1) is 9.04. The van der Waals surface area contributed by atoms with Gasteiger partial charge in [-0.1, -0.05) is 11.8 Å². The number of halogens is 1. The first-order valence-corrected chi connectivity index (χ1v) is 7.08. The van der Waals surface area contributed by atoms with Crippen LogP contribution in [0, 0.1) is 12.7 Å². The van der Waals surface area contributed by atoms with Crippen molar-refractivity contribution in [3.63, 3.8) is 0 Å². The van der Waals surface area contributed by atoms with Crippen LogP contribution in [0.1, 0.15) is 5.82 Å². The normalized spacial score (nSPS) is 10.4. The molecule has 0 aliphatic carbocycles. The van der Waals surface area contributed by atoms with Crippen molar-refractivity contribution < 1.29 is 9.18 Å². The van der Waals surface area contributed by atoms with Gasteiger partial charge in [0.15, 0.2) is 4.34 Å². The van der Waals surface area contributed by atoms with Crippen molar-refractivity contribution in [1.82, 2.24) is 9.36 Å². The van der Waals surface area contributed by atoms with Crippen LogP contribution in [-0.2, 0) is 4.79 Å². The first kappa shape index (κ1) is 13.8. The van der Waals surface area contributed by atoms with Gasteiger partial charge in [0.05, 0.1) is 17.1 Å². The minimum atomic E-state index is -0.447. The molecule has 8 heteroatoms. The van der Waals surface area contributed by atoms with Crippen molar-refractivity contribution in [3.05, 3.63) is 29.8 Å². The standard InChI is InChI=1S/C11H11FN4OS2/c1-6-14-11(19-16-6)18-5-10(17)15-9-4-7(12)2-3-8(9)13/h2-4H,5,13H2,1H3,(H,15,17). The fourth-order valence-corrected chi connectivity index (χ4v) is 2.73. The Labute approximate surface area is 117 Å². The number of benzene rings is 1. The van der Waals surface area contributed by atoms with Crippen molar-refractivity contribution in [2.45, 2.75) is 11.3 Å². The monoisotopic (exact) mass is 298 g/mol. The summed E-state index contributed by atoms with van der Waals surface area (Å²) in [7, 11) is 0. The van der Waals surface area contributed by atoms with Crippen molar-refractivity contribution in [2.75, 3.05) is 16.8 Å². The molecular weight excluding hydrogens is 287 g/mol. The molecular formula is C11H11FN4OS2.